The van der Waals surface area contributed by atoms with Crippen LogP contribution in [0, 0.1) is 0 Å². The van der Waals surface area contributed by atoms with E-state index in [1.54, 1.807) is 6.33 Å². The molecule has 0 aliphatic carbocycles. The molecule has 1 heterocycles. The van der Waals surface area contributed by atoms with Gasteiger partial charge in [-0.3, -0.25) is 0 Å². The van der Waals surface area contributed by atoms with Crippen LogP contribution in [0.2, 0.25) is 0 Å². The molecular formula is C18H27N5O. The minimum atomic E-state index is -0.215. The second-order valence-corrected chi connectivity index (χ2v) is 6.95. The lowest BCUT2D eigenvalue weighted by atomic mass is 9.86. The molecule has 130 valence electrons. The van der Waals surface area contributed by atoms with Gasteiger partial charge < -0.3 is 15.2 Å². The van der Waals surface area contributed by atoms with Crippen LogP contribution >= 0.6 is 0 Å². The van der Waals surface area contributed by atoms with Crippen LogP contribution in [0.25, 0.3) is 0 Å². The summed E-state index contributed by atoms with van der Waals surface area (Å²) in [7, 11) is 0. The fraction of sp³-hybridized carbons (Fsp3) is 0.500. The molecular weight excluding hydrogens is 302 g/mol. The van der Waals surface area contributed by atoms with Gasteiger partial charge in [-0.05, 0) is 30.4 Å². The molecule has 2 amide bonds. The van der Waals surface area contributed by atoms with Crippen molar-refractivity contribution in [2.75, 3.05) is 0 Å². The highest BCUT2D eigenvalue weighted by Gasteiger charge is 2.15. The van der Waals surface area contributed by atoms with Crippen LogP contribution in [0.4, 0.5) is 4.79 Å². The fourth-order valence-corrected chi connectivity index (χ4v) is 2.44. The maximum atomic E-state index is 12.1. The highest BCUT2D eigenvalue weighted by atomic mass is 16.2. The Morgan fingerprint density at radius 2 is 1.92 bits per heavy atom. The molecule has 1 aromatic carbocycles. The Hall–Kier alpha value is -2.37. The molecule has 1 aromatic heterocycles. The third-order valence-corrected chi connectivity index (χ3v) is 4.07. The minimum absolute atomic E-state index is 0.0666. The van der Waals surface area contributed by atoms with Crippen molar-refractivity contribution in [1.29, 1.82) is 0 Å². The van der Waals surface area contributed by atoms with Crippen molar-refractivity contribution in [3.05, 3.63) is 47.5 Å². The van der Waals surface area contributed by atoms with E-state index in [4.69, 9.17) is 0 Å². The third kappa shape index (κ3) is 4.57. The van der Waals surface area contributed by atoms with Crippen LogP contribution in [0.15, 0.2) is 30.6 Å². The molecule has 0 aliphatic rings. The number of benzene rings is 1. The Balaban J connectivity index is 1.89. The van der Waals surface area contributed by atoms with Gasteiger partial charge in [0.15, 0.2) is 5.82 Å². The summed E-state index contributed by atoms with van der Waals surface area (Å²) in [5, 5.41) is 13.6. The number of amides is 2. The average Bonchev–Trinajstić information content (AvgIpc) is 2.99. The van der Waals surface area contributed by atoms with E-state index in [1.807, 2.05) is 18.4 Å². The smallest absolute Gasteiger partial charge is 0.315 e. The molecule has 6 nitrogen and oxygen atoms in total. The zero-order valence-electron chi connectivity index (χ0n) is 15.1. The van der Waals surface area contributed by atoms with E-state index < -0.39 is 0 Å². The van der Waals surface area contributed by atoms with Crippen LogP contribution in [-0.2, 0) is 18.5 Å². The predicted octanol–water partition coefficient (Wildman–Crippen LogP) is 3.16. The van der Waals surface area contributed by atoms with Crippen LogP contribution < -0.4 is 10.6 Å². The van der Waals surface area contributed by atoms with Crippen molar-refractivity contribution < 1.29 is 4.79 Å². The number of nitrogens with zero attached hydrogens (tertiary/aromatic N) is 3. The van der Waals surface area contributed by atoms with Crippen LogP contribution in [0.3, 0.4) is 0 Å². The van der Waals surface area contributed by atoms with E-state index in [0.717, 1.165) is 17.9 Å². The van der Waals surface area contributed by atoms with Gasteiger partial charge in [0.1, 0.15) is 6.33 Å². The van der Waals surface area contributed by atoms with E-state index in [2.05, 4.69) is 65.9 Å². The molecule has 1 unspecified atom stereocenters. The van der Waals surface area contributed by atoms with Gasteiger partial charge >= 0.3 is 6.03 Å². The second kappa shape index (κ2) is 7.47. The van der Waals surface area contributed by atoms with Gasteiger partial charge in [0.25, 0.3) is 0 Å². The maximum absolute atomic E-state index is 12.1. The molecule has 0 saturated heterocycles. The molecule has 2 aromatic rings. The molecule has 24 heavy (non-hydrogen) atoms. The number of hydrogen-bond donors (Lipinski definition) is 2. The van der Waals surface area contributed by atoms with Gasteiger partial charge in [0, 0.05) is 6.54 Å². The largest absolute Gasteiger partial charge is 0.332 e. The third-order valence-electron chi connectivity index (χ3n) is 4.07. The summed E-state index contributed by atoms with van der Waals surface area (Å²) in [6.07, 6.45) is 1.66. The SMILES string of the molecule is CCn1cnnc1CNC(=O)NC(C)c1ccc(C(C)(C)C)cc1. The lowest BCUT2D eigenvalue weighted by Crippen LogP contribution is -2.37. The van der Waals surface area contributed by atoms with Gasteiger partial charge in [0.05, 0.1) is 12.6 Å². The summed E-state index contributed by atoms with van der Waals surface area (Å²) in [5.74, 6) is 0.745. The molecule has 0 fully saturated rings. The second-order valence-electron chi connectivity index (χ2n) is 6.95. The molecule has 0 saturated carbocycles. The topological polar surface area (TPSA) is 71.8 Å². The van der Waals surface area contributed by atoms with E-state index in [-0.39, 0.29) is 17.5 Å². The summed E-state index contributed by atoms with van der Waals surface area (Å²) < 4.78 is 1.90. The summed E-state index contributed by atoms with van der Waals surface area (Å²) in [4.78, 5) is 12.1. The van der Waals surface area contributed by atoms with Crippen molar-refractivity contribution in [2.24, 2.45) is 0 Å². The Morgan fingerprint density at radius 1 is 1.25 bits per heavy atom. The number of carbonyl (C=O) groups is 1. The molecule has 0 aliphatic heterocycles. The van der Waals surface area contributed by atoms with E-state index in [9.17, 15) is 4.79 Å². The van der Waals surface area contributed by atoms with Gasteiger partial charge in [-0.2, -0.15) is 0 Å². The fourth-order valence-electron chi connectivity index (χ4n) is 2.44. The maximum Gasteiger partial charge on any atom is 0.315 e. The Bertz CT molecular complexity index is 669. The van der Waals surface area contributed by atoms with Gasteiger partial charge in [-0.15, -0.1) is 10.2 Å². The van der Waals surface area contributed by atoms with Crippen molar-refractivity contribution >= 4 is 6.03 Å². The van der Waals surface area contributed by atoms with E-state index in [0.29, 0.717) is 6.54 Å². The van der Waals surface area contributed by atoms with Crippen LogP contribution in [0.5, 0.6) is 0 Å². The van der Waals surface area contributed by atoms with Crippen molar-refractivity contribution in [2.45, 2.75) is 59.2 Å². The molecule has 2 rings (SSSR count). The van der Waals surface area contributed by atoms with Crippen LogP contribution in [-0.4, -0.2) is 20.8 Å². The quantitative estimate of drug-likeness (QED) is 0.885. The summed E-state index contributed by atoms with van der Waals surface area (Å²) >= 11 is 0. The first kappa shape index (κ1) is 18.0. The number of aromatic nitrogens is 3. The number of nitrogens with one attached hydrogen (secondary N) is 2. The molecule has 2 N–H and O–H groups in total. The lowest BCUT2D eigenvalue weighted by Gasteiger charge is -2.21. The summed E-state index contributed by atoms with van der Waals surface area (Å²) in [6, 6.07) is 8.10. The van der Waals surface area contributed by atoms with E-state index in [1.165, 1.54) is 5.56 Å². The van der Waals surface area contributed by atoms with Crippen molar-refractivity contribution in [1.82, 2.24) is 25.4 Å². The normalized spacial score (nSPS) is 12.7. The zero-order valence-corrected chi connectivity index (χ0v) is 15.1. The highest BCUT2D eigenvalue weighted by molar-refractivity contribution is 5.74. The number of carbonyl (C=O) groups excluding carboxylic acids is 1. The first-order valence-electron chi connectivity index (χ1n) is 8.32. The monoisotopic (exact) mass is 329 g/mol. The number of hydrogen-bond acceptors (Lipinski definition) is 3. The van der Waals surface area contributed by atoms with Crippen molar-refractivity contribution in [3.8, 4) is 0 Å². The lowest BCUT2D eigenvalue weighted by molar-refractivity contribution is 0.237. The Morgan fingerprint density at radius 3 is 2.50 bits per heavy atom. The Labute approximate surface area is 143 Å². The number of aryl methyl sites for hydroxylation is 1. The number of rotatable bonds is 5. The molecule has 1 atom stereocenters. The van der Waals surface area contributed by atoms with Crippen LogP contribution in [0.1, 0.15) is 57.6 Å². The molecule has 0 bridgehead atoms. The molecule has 6 heteroatoms. The number of urea groups is 1. The first-order valence-corrected chi connectivity index (χ1v) is 8.32. The van der Waals surface area contributed by atoms with Crippen molar-refractivity contribution in [3.63, 3.8) is 0 Å². The predicted molar refractivity (Wildman–Crippen MR) is 94.6 cm³/mol. The van der Waals surface area contributed by atoms with Gasteiger partial charge in [-0.25, -0.2) is 4.79 Å². The highest BCUT2D eigenvalue weighted by Crippen LogP contribution is 2.23. The first-order chi connectivity index (χ1) is 11.3. The Kier molecular flexibility index (Phi) is 5.59. The minimum Gasteiger partial charge on any atom is -0.332 e. The average molecular weight is 329 g/mol. The summed E-state index contributed by atoms with van der Waals surface area (Å²) in [5.41, 5.74) is 2.48. The van der Waals surface area contributed by atoms with Gasteiger partial charge in [0.2, 0.25) is 0 Å². The van der Waals surface area contributed by atoms with Gasteiger partial charge in [-0.1, -0.05) is 45.0 Å². The van der Waals surface area contributed by atoms with E-state index >= 15 is 0 Å². The molecule has 0 spiro atoms. The zero-order chi connectivity index (χ0) is 17.7. The molecule has 0 radical (unpaired) electrons. The summed E-state index contributed by atoms with van der Waals surface area (Å²) in [6.45, 7) is 11.7. The standard InChI is InChI=1S/C18H27N5O/c1-6-23-12-20-22-16(23)11-19-17(24)21-13(2)14-7-9-15(10-8-14)18(3,4)5/h7-10,12-13H,6,11H2,1-5H3,(H2,19,21,24).